The van der Waals surface area contributed by atoms with Gasteiger partial charge in [0.2, 0.25) is 0 Å². The minimum atomic E-state index is -2.83. The van der Waals surface area contributed by atoms with Gasteiger partial charge in [0.15, 0.2) is 0 Å². The largest absolute Gasteiger partial charge is 0.373 e. The second-order valence-corrected chi connectivity index (χ2v) is 11.7. The second kappa shape index (κ2) is 12.6. The fourth-order valence-electron chi connectivity index (χ4n) is 5.60. The van der Waals surface area contributed by atoms with Crippen LogP contribution in [-0.4, -0.2) is 50.4 Å². The molecule has 3 aromatic carbocycles. The third kappa shape index (κ3) is 6.54. The first-order chi connectivity index (χ1) is 21.6. The summed E-state index contributed by atoms with van der Waals surface area (Å²) in [7, 11) is 0. The zero-order valence-corrected chi connectivity index (χ0v) is 25.5. The SMILES string of the molecule is CCN1CC(n2cc(C(Nc3cc(Cl)c4ncc(C#N)c(Nc5ccc(F)c(Cl)c5)c4c3)c3ccccc3)nn2)CC(F)(F)C1. The fraction of sp³-hybridized carbons (Fsp3) is 0.250. The molecule has 1 fully saturated rings. The van der Waals surface area contributed by atoms with E-state index in [9.17, 15) is 18.4 Å². The normalized spacial score (nSPS) is 17.1. The Hall–Kier alpha value is -4.37. The van der Waals surface area contributed by atoms with Crippen molar-refractivity contribution in [2.75, 3.05) is 30.3 Å². The number of pyridine rings is 1. The van der Waals surface area contributed by atoms with E-state index in [-0.39, 0.29) is 23.6 Å². The molecule has 2 N–H and O–H groups in total. The maximum atomic E-state index is 14.5. The molecule has 0 radical (unpaired) electrons. The fourth-order valence-corrected chi connectivity index (χ4v) is 6.05. The van der Waals surface area contributed by atoms with E-state index in [0.29, 0.717) is 51.8 Å². The van der Waals surface area contributed by atoms with Crippen molar-refractivity contribution < 1.29 is 13.2 Å². The van der Waals surface area contributed by atoms with Crippen LogP contribution in [0.2, 0.25) is 10.0 Å². The number of nitriles is 1. The van der Waals surface area contributed by atoms with Crippen molar-refractivity contribution in [3.8, 4) is 6.07 Å². The monoisotopic (exact) mass is 650 g/mol. The van der Waals surface area contributed by atoms with Crippen LogP contribution >= 0.6 is 23.2 Å². The number of piperidine rings is 1. The average molecular weight is 652 g/mol. The number of halogens is 5. The van der Waals surface area contributed by atoms with E-state index in [2.05, 4.69) is 32.0 Å². The van der Waals surface area contributed by atoms with Crippen LogP contribution in [-0.2, 0) is 0 Å². The first-order valence-corrected chi connectivity index (χ1v) is 15.0. The number of hydrogen-bond acceptors (Lipinski definition) is 7. The maximum Gasteiger partial charge on any atom is 0.262 e. The summed E-state index contributed by atoms with van der Waals surface area (Å²) in [4.78, 5) is 6.12. The van der Waals surface area contributed by atoms with Crippen LogP contribution in [0, 0.1) is 17.1 Å². The Morgan fingerprint density at radius 2 is 1.87 bits per heavy atom. The molecule has 1 aliphatic heterocycles. The minimum Gasteiger partial charge on any atom is -0.373 e. The maximum absolute atomic E-state index is 14.5. The standard InChI is InChI=1S/C32H27Cl2F3N8/c1-2-44-16-23(13-32(36,37)18-44)45-17-28(42-43-45)30(19-6-4-3-5-7-19)41-22-10-24-29(40-21-8-9-27(35)25(33)11-21)20(14-38)15-39-31(24)26(34)12-22/h3-12,15,17,23,30,41H,2,13,16,18H2,1H3,(H,39,40). The van der Waals surface area contributed by atoms with E-state index in [4.69, 9.17) is 23.2 Å². The van der Waals surface area contributed by atoms with Crippen LogP contribution in [0.15, 0.2) is 73.1 Å². The number of hydrogen-bond donors (Lipinski definition) is 2. The smallest absolute Gasteiger partial charge is 0.262 e. The Kier molecular flexibility index (Phi) is 8.55. The lowest BCUT2D eigenvalue weighted by Crippen LogP contribution is -2.47. The van der Waals surface area contributed by atoms with Crippen molar-refractivity contribution in [1.29, 1.82) is 5.26 Å². The lowest BCUT2D eigenvalue weighted by molar-refractivity contribution is -0.0817. The van der Waals surface area contributed by atoms with Crippen molar-refractivity contribution in [1.82, 2.24) is 24.9 Å². The molecule has 45 heavy (non-hydrogen) atoms. The molecule has 230 valence electrons. The third-order valence-electron chi connectivity index (χ3n) is 7.78. The summed E-state index contributed by atoms with van der Waals surface area (Å²) >= 11 is 12.7. The lowest BCUT2D eigenvalue weighted by Gasteiger charge is -2.36. The Bertz CT molecular complexity index is 1890. The average Bonchev–Trinajstić information content (AvgIpc) is 3.52. The molecule has 3 heterocycles. The molecule has 0 bridgehead atoms. The summed E-state index contributed by atoms with van der Waals surface area (Å²) in [5.74, 6) is -3.40. The topological polar surface area (TPSA) is 94.7 Å². The molecule has 0 aliphatic carbocycles. The summed E-state index contributed by atoms with van der Waals surface area (Å²) in [6.07, 6.45) is 2.79. The molecular weight excluding hydrogens is 624 g/mol. The number of likely N-dealkylation sites (tertiary alicyclic amines) is 1. The van der Waals surface area contributed by atoms with Gasteiger partial charge in [0.05, 0.1) is 51.6 Å². The van der Waals surface area contributed by atoms with Crippen molar-refractivity contribution >= 4 is 51.2 Å². The van der Waals surface area contributed by atoms with Crippen molar-refractivity contribution in [2.45, 2.75) is 31.4 Å². The van der Waals surface area contributed by atoms with Crippen LogP contribution in [0.4, 0.5) is 30.2 Å². The van der Waals surface area contributed by atoms with Gasteiger partial charge in [-0.3, -0.25) is 9.88 Å². The van der Waals surface area contributed by atoms with E-state index in [1.807, 2.05) is 37.3 Å². The molecule has 13 heteroatoms. The quantitative estimate of drug-likeness (QED) is 0.176. The molecule has 8 nitrogen and oxygen atoms in total. The van der Waals surface area contributed by atoms with Crippen LogP contribution in [0.5, 0.6) is 0 Å². The first kappa shape index (κ1) is 30.6. The van der Waals surface area contributed by atoms with Crippen LogP contribution in [0.1, 0.15) is 42.2 Å². The van der Waals surface area contributed by atoms with Gasteiger partial charge in [-0.25, -0.2) is 17.9 Å². The van der Waals surface area contributed by atoms with Crippen molar-refractivity contribution in [3.63, 3.8) is 0 Å². The van der Waals surface area contributed by atoms with Crippen molar-refractivity contribution in [3.05, 3.63) is 106 Å². The third-order valence-corrected chi connectivity index (χ3v) is 8.36. The van der Waals surface area contributed by atoms with Gasteiger partial charge in [0, 0.05) is 35.9 Å². The highest BCUT2D eigenvalue weighted by Crippen LogP contribution is 2.38. The van der Waals surface area contributed by atoms with Gasteiger partial charge >= 0.3 is 0 Å². The molecule has 2 aromatic heterocycles. The van der Waals surface area contributed by atoms with Crippen molar-refractivity contribution in [2.24, 2.45) is 0 Å². The molecule has 1 aliphatic rings. The van der Waals surface area contributed by atoms with Crippen LogP contribution < -0.4 is 10.6 Å². The summed E-state index contributed by atoms with van der Waals surface area (Å²) < 4.78 is 44.4. The predicted octanol–water partition coefficient (Wildman–Crippen LogP) is 7.99. The van der Waals surface area contributed by atoms with Gasteiger partial charge in [0.25, 0.3) is 5.92 Å². The van der Waals surface area contributed by atoms with Gasteiger partial charge in [-0.2, -0.15) is 5.26 Å². The molecule has 2 unspecified atom stereocenters. The number of likely N-dealkylation sites (N-methyl/N-ethyl adjacent to an activating group) is 1. The first-order valence-electron chi connectivity index (χ1n) is 14.2. The Morgan fingerprint density at radius 3 is 2.60 bits per heavy atom. The minimum absolute atomic E-state index is 0.0737. The second-order valence-electron chi connectivity index (χ2n) is 10.9. The molecule has 0 amide bonds. The number of rotatable bonds is 8. The van der Waals surface area contributed by atoms with Crippen LogP contribution in [0.25, 0.3) is 10.9 Å². The van der Waals surface area contributed by atoms with E-state index in [1.54, 1.807) is 23.2 Å². The molecule has 2 atom stereocenters. The predicted molar refractivity (Wildman–Crippen MR) is 169 cm³/mol. The number of alkyl halides is 2. The summed E-state index contributed by atoms with van der Waals surface area (Å²) in [5.41, 5.74) is 3.52. The van der Waals surface area contributed by atoms with Gasteiger partial charge in [-0.05, 0) is 42.4 Å². The van der Waals surface area contributed by atoms with E-state index in [0.717, 1.165) is 5.56 Å². The number of benzene rings is 3. The van der Waals surface area contributed by atoms with Crippen LogP contribution in [0.3, 0.4) is 0 Å². The van der Waals surface area contributed by atoms with Gasteiger partial charge in [-0.1, -0.05) is 65.7 Å². The molecule has 5 aromatic rings. The summed E-state index contributed by atoms with van der Waals surface area (Å²) in [6, 6.07) is 18.3. The molecule has 0 spiro atoms. The Balaban J connectivity index is 1.39. The number of anilines is 3. The van der Waals surface area contributed by atoms with E-state index >= 15 is 0 Å². The lowest BCUT2D eigenvalue weighted by atomic mass is 10.0. The van der Waals surface area contributed by atoms with E-state index < -0.39 is 23.8 Å². The molecule has 0 saturated carbocycles. The van der Waals surface area contributed by atoms with Gasteiger partial charge in [0.1, 0.15) is 17.6 Å². The highest BCUT2D eigenvalue weighted by molar-refractivity contribution is 6.36. The Morgan fingerprint density at radius 1 is 1.09 bits per heavy atom. The highest BCUT2D eigenvalue weighted by atomic mass is 35.5. The number of fused-ring (bicyclic) bond motifs is 1. The Labute approximate surface area is 267 Å². The number of aromatic nitrogens is 4. The zero-order chi connectivity index (χ0) is 31.7. The number of nitrogens with zero attached hydrogens (tertiary/aromatic N) is 6. The summed E-state index contributed by atoms with van der Waals surface area (Å²) in [6.45, 7) is 2.55. The molecule has 6 rings (SSSR count). The summed E-state index contributed by atoms with van der Waals surface area (Å²) in [5, 5.41) is 26.0. The highest BCUT2D eigenvalue weighted by Gasteiger charge is 2.41. The van der Waals surface area contributed by atoms with E-state index in [1.165, 1.54) is 29.1 Å². The van der Waals surface area contributed by atoms with Gasteiger partial charge < -0.3 is 10.6 Å². The molecular formula is C32H27Cl2F3N8. The number of nitrogens with one attached hydrogen (secondary N) is 2. The zero-order valence-electron chi connectivity index (χ0n) is 24.0. The molecule has 1 saturated heterocycles. The van der Waals surface area contributed by atoms with Gasteiger partial charge in [-0.15, -0.1) is 5.10 Å².